The van der Waals surface area contributed by atoms with Gasteiger partial charge in [-0.15, -0.1) is 0 Å². The smallest absolute Gasteiger partial charge is 0.154 e. The van der Waals surface area contributed by atoms with Gasteiger partial charge in [0.15, 0.2) is 6.29 Å². The van der Waals surface area contributed by atoms with E-state index in [9.17, 15) is 0 Å². The summed E-state index contributed by atoms with van der Waals surface area (Å²) in [7, 11) is 0. The normalized spacial score (nSPS) is 12.3. The highest BCUT2D eigenvalue weighted by Crippen LogP contribution is 1.89. The zero-order chi connectivity index (χ0) is 9.28. The van der Waals surface area contributed by atoms with E-state index >= 15 is 0 Å². The van der Waals surface area contributed by atoms with Gasteiger partial charge in [0.1, 0.15) is 6.29 Å². The van der Waals surface area contributed by atoms with Crippen molar-refractivity contribution in [2.45, 2.75) is 39.8 Å². The van der Waals surface area contributed by atoms with Crippen LogP contribution in [-0.2, 0) is 4.74 Å². The fourth-order valence-corrected chi connectivity index (χ4v) is 0.310. The molecule has 0 aliphatic carbocycles. The molecule has 0 aliphatic heterocycles. The van der Waals surface area contributed by atoms with E-state index in [0.717, 1.165) is 0 Å². The van der Waals surface area contributed by atoms with Crippen LogP contribution in [0.2, 0.25) is 0 Å². The molecule has 1 atom stereocenters. The lowest BCUT2D eigenvalue weighted by molar-refractivity contribution is -0.0953. The Hall–Kier alpha value is -0.160. The number of ether oxygens (including phenoxy) is 1. The van der Waals surface area contributed by atoms with Crippen LogP contribution in [0, 0.1) is 0 Å². The summed E-state index contributed by atoms with van der Waals surface area (Å²) in [5.41, 5.74) is 0. The lowest BCUT2D eigenvalue weighted by Gasteiger charge is -2.04. The molecule has 0 amide bonds. The van der Waals surface area contributed by atoms with Gasteiger partial charge in [-0.2, -0.15) is 0 Å². The van der Waals surface area contributed by atoms with E-state index in [4.69, 9.17) is 20.1 Å². The summed E-state index contributed by atoms with van der Waals surface area (Å²) in [4.78, 5) is 0. The van der Waals surface area contributed by atoms with Crippen molar-refractivity contribution in [2.75, 3.05) is 6.61 Å². The van der Waals surface area contributed by atoms with Crippen molar-refractivity contribution in [3.63, 3.8) is 0 Å². The number of hydrogen-bond acceptors (Lipinski definition) is 4. The van der Waals surface area contributed by atoms with Gasteiger partial charge in [0.25, 0.3) is 0 Å². The third-order valence-electron chi connectivity index (χ3n) is 0.708. The van der Waals surface area contributed by atoms with E-state index in [-0.39, 0.29) is 0 Å². The Kier molecular flexibility index (Phi) is 12.0. The number of aliphatic hydroxyl groups excluding tert-OH is 2. The molecule has 0 aromatic rings. The maximum atomic E-state index is 8.64. The monoisotopic (exact) mass is 166 g/mol. The van der Waals surface area contributed by atoms with E-state index in [0.29, 0.717) is 13.0 Å². The Morgan fingerprint density at radius 1 is 1.18 bits per heavy atom. The maximum Gasteiger partial charge on any atom is 0.154 e. The summed E-state index contributed by atoms with van der Waals surface area (Å²) in [6.45, 7) is 5.61. The van der Waals surface area contributed by atoms with E-state index in [1.807, 2.05) is 13.8 Å². The molecule has 0 bridgehead atoms. The van der Waals surface area contributed by atoms with Crippen LogP contribution in [0.3, 0.4) is 0 Å². The van der Waals surface area contributed by atoms with Crippen LogP contribution >= 0.6 is 0 Å². The summed E-state index contributed by atoms with van der Waals surface area (Å²) in [5.74, 6) is 0. The maximum absolute atomic E-state index is 8.64. The van der Waals surface area contributed by atoms with Crippen LogP contribution in [-0.4, -0.2) is 34.5 Å². The van der Waals surface area contributed by atoms with Gasteiger partial charge in [-0.1, -0.05) is 6.92 Å². The molecule has 0 fully saturated rings. The highest BCUT2D eigenvalue weighted by Gasteiger charge is 1.93. The fraction of sp³-hybridized carbons (Fsp3) is 1.00. The van der Waals surface area contributed by atoms with Gasteiger partial charge in [0, 0.05) is 6.61 Å². The zero-order valence-electron chi connectivity index (χ0n) is 7.32. The second kappa shape index (κ2) is 9.84. The molecule has 0 aromatic carbocycles. The molecule has 0 rings (SSSR count). The van der Waals surface area contributed by atoms with Gasteiger partial charge in [-0.25, -0.2) is 0 Å². The predicted molar refractivity (Wildman–Crippen MR) is 41.8 cm³/mol. The van der Waals surface area contributed by atoms with E-state index < -0.39 is 12.6 Å². The van der Waals surface area contributed by atoms with Crippen molar-refractivity contribution in [1.82, 2.24) is 0 Å². The molecule has 3 N–H and O–H groups in total. The Balaban J connectivity index is 0. The standard InChI is InChI=1S/C5H12O2.C2H6O2/c1-3-5(6)7-4-2;1-2(3)4/h5-6H,3-4H2,1-2H3;2-4H,1H3. The number of rotatable bonds is 3. The zero-order valence-corrected chi connectivity index (χ0v) is 7.32. The summed E-state index contributed by atoms with van der Waals surface area (Å²) >= 11 is 0. The van der Waals surface area contributed by atoms with Crippen LogP contribution in [0.15, 0.2) is 0 Å². The molecule has 0 heterocycles. The van der Waals surface area contributed by atoms with Gasteiger partial charge in [0.2, 0.25) is 0 Å². The largest absolute Gasteiger partial charge is 0.368 e. The quantitative estimate of drug-likeness (QED) is 0.519. The van der Waals surface area contributed by atoms with E-state index in [2.05, 4.69) is 0 Å². The average Bonchev–Trinajstić information content (AvgIpc) is 1.87. The average molecular weight is 166 g/mol. The topological polar surface area (TPSA) is 69.9 Å². The van der Waals surface area contributed by atoms with Crippen molar-refractivity contribution in [3.8, 4) is 0 Å². The van der Waals surface area contributed by atoms with Gasteiger partial charge < -0.3 is 20.1 Å². The number of aliphatic hydroxyl groups is 3. The Morgan fingerprint density at radius 3 is 1.64 bits per heavy atom. The summed E-state index contributed by atoms with van der Waals surface area (Å²) in [6.07, 6.45) is -1.04. The van der Waals surface area contributed by atoms with Crippen LogP contribution < -0.4 is 0 Å². The first kappa shape index (κ1) is 13.4. The molecule has 4 heteroatoms. The third kappa shape index (κ3) is 25.8. The second-order valence-corrected chi connectivity index (χ2v) is 1.95. The van der Waals surface area contributed by atoms with Gasteiger partial charge in [-0.05, 0) is 20.3 Å². The first-order valence-corrected chi connectivity index (χ1v) is 3.70. The molecular formula is C7H18O4. The van der Waals surface area contributed by atoms with Crippen LogP contribution in [0.25, 0.3) is 0 Å². The molecule has 4 nitrogen and oxygen atoms in total. The van der Waals surface area contributed by atoms with Crippen LogP contribution in [0.4, 0.5) is 0 Å². The molecule has 0 spiro atoms. The Morgan fingerprint density at radius 2 is 1.55 bits per heavy atom. The van der Waals surface area contributed by atoms with Crippen LogP contribution in [0.5, 0.6) is 0 Å². The first-order chi connectivity index (χ1) is 5.04. The molecule has 0 saturated heterocycles. The molecule has 11 heavy (non-hydrogen) atoms. The highest BCUT2D eigenvalue weighted by molar-refractivity contribution is 4.29. The van der Waals surface area contributed by atoms with Gasteiger partial charge in [-0.3, -0.25) is 0 Å². The third-order valence-corrected chi connectivity index (χ3v) is 0.708. The van der Waals surface area contributed by atoms with Crippen molar-refractivity contribution >= 4 is 0 Å². The predicted octanol–water partition coefficient (Wildman–Crippen LogP) is 0.0683. The van der Waals surface area contributed by atoms with Crippen molar-refractivity contribution < 1.29 is 20.1 Å². The lowest BCUT2D eigenvalue weighted by Crippen LogP contribution is -2.08. The van der Waals surface area contributed by atoms with E-state index in [1.165, 1.54) is 6.92 Å². The molecular weight excluding hydrogens is 148 g/mol. The SMILES string of the molecule is CC(O)O.CCOC(O)CC. The summed E-state index contributed by atoms with van der Waals surface area (Å²) < 4.78 is 4.75. The minimum absolute atomic E-state index is 0.551. The first-order valence-electron chi connectivity index (χ1n) is 3.70. The molecule has 0 radical (unpaired) electrons. The highest BCUT2D eigenvalue weighted by atomic mass is 16.6. The van der Waals surface area contributed by atoms with Crippen molar-refractivity contribution in [3.05, 3.63) is 0 Å². The summed E-state index contributed by atoms with van der Waals surface area (Å²) in [5, 5.41) is 23.9. The molecule has 1 unspecified atom stereocenters. The Bertz CT molecular complexity index is 62.7. The second-order valence-electron chi connectivity index (χ2n) is 1.95. The lowest BCUT2D eigenvalue weighted by atomic mass is 10.5. The fourth-order valence-electron chi connectivity index (χ4n) is 0.310. The molecule has 0 aromatic heterocycles. The summed E-state index contributed by atoms with van der Waals surface area (Å²) in [6, 6.07) is 0. The number of hydrogen-bond donors (Lipinski definition) is 3. The molecule has 0 aliphatic rings. The molecule has 0 saturated carbocycles. The van der Waals surface area contributed by atoms with Crippen molar-refractivity contribution in [2.24, 2.45) is 0 Å². The van der Waals surface area contributed by atoms with Crippen LogP contribution in [0.1, 0.15) is 27.2 Å². The minimum atomic E-state index is -1.17. The molecule has 70 valence electrons. The Labute approximate surface area is 67.4 Å². The van der Waals surface area contributed by atoms with E-state index in [1.54, 1.807) is 0 Å². The van der Waals surface area contributed by atoms with Gasteiger partial charge in [0.05, 0.1) is 0 Å². The van der Waals surface area contributed by atoms with Crippen molar-refractivity contribution in [1.29, 1.82) is 0 Å². The van der Waals surface area contributed by atoms with Gasteiger partial charge >= 0.3 is 0 Å². The minimum Gasteiger partial charge on any atom is -0.368 e.